The second-order valence-corrected chi connectivity index (χ2v) is 6.96. The van der Waals surface area contributed by atoms with Crippen molar-refractivity contribution in [1.82, 2.24) is 4.90 Å². The van der Waals surface area contributed by atoms with Gasteiger partial charge in [-0.25, -0.2) is 4.39 Å². The van der Waals surface area contributed by atoms with Crippen LogP contribution in [0.15, 0.2) is 48.5 Å². The maximum Gasteiger partial charge on any atom is 0.230 e. The smallest absolute Gasteiger partial charge is 0.230 e. The number of carbonyl (C=O) groups is 2. The molecule has 0 saturated carbocycles. The van der Waals surface area contributed by atoms with E-state index in [9.17, 15) is 14.0 Å². The van der Waals surface area contributed by atoms with E-state index in [0.29, 0.717) is 24.3 Å². The number of nitrogens with zero attached hydrogens (tertiary/aromatic N) is 1. The van der Waals surface area contributed by atoms with Gasteiger partial charge >= 0.3 is 0 Å². The molecule has 1 unspecified atom stereocenters. The number of likely N-dealkylation sites (tertiary alicyclic amines) is 1. The molecule has 26 heavy (non-hydrogen) atoms. The van der Waals surface area contributed by atoms with E-state index in [1.54, 1.807) is 11.0 Å². The summed E-state index contributed by atoms with van der Waals surface area (Å²) in [7, 11) is 0. The molecule has 3 N–H and O–H groups in total. The van der Waals surface area contributed by atoms with E-state index in [0.717, 1.165) is 5.56 Å². The van der Waals surface area contributed by atoms with E-state index in [-0.39, 0.29) is 30.2 Å². The van der Waals surface area contributed by atoms with Crippen LogP contribution in [-0.4, -0.2) is 35.8 Å². The summed E-state index contributed by atoms with van der Waals surface area (Å²) in [5, 5.41) is 2.65. The van der Waals surface area contributed by atoms with E-state index in [2.05, 4.69) is 5.32 Å². The highest BCUT2D eigenvalue weighted by Gasteiger charge is 2.39. The quantitative estimate of drug-likeness (QED) is 0.869. The average Bonchev–Trinajstić information content (AvgIpc) is 3.02. The second-order valence-electron chi connectivity index (χ2n) is 6.96. The minimum atomic E-state index is -0.596. The van der Waals surface area contributed by atoms with Gasteiger partial charge in [0, 0.05) is 37.2 Å². The molecule has 1 fully saturated rings. The number of carbonyl (C=O) groups excluding carboxylic acids is 2. The van der Waals surface area contributed by atoms with Gasteiger partial charge in [0.05, 0.1) is 5.92 Å². The van der Waals surface area contributed by atoms with Gasteiger partial charge in [-0.05, 0) is 23.3 Å². The van der Waals surface area contributed by atoms with Crippen LogP contribution in [-0.2, 0) is 9.59 Å². The molecule has 6 heteroatoms. The van der Waals surface area contributed by atoms with Crippen molar-refractivity contribution in [2.45, 2.75) is 24.3 Å². The Morgan fingerprint density at radius 3 is 2.69 bits per heavy atom. The minimum absolute atomic E-state index is 0.0687. The van der Waals surface area contributed by atoms with Crippen LogP contribution in [0.3, 0.4) is 0 Å². The van der Waals surface area contributed by atoms with E-state index in [1.807, 2.05) is 30.3 Å². The molecule has 2 heterocycles. The lowest BCUT2D eigenvalue weighted by Gasteiger charge is -2.28. The van der Waals surface area contributed by atoms with Crippen LogP contribution in [0.2, 0.25) is 0 Å². The fraction of sp³-hybridized carbons (Fsp3) is 0.300. The Balaban J connectivity index is 1.58. The maximum atomic E-state index is 13.5. The highest BCUT2D eigenvalue weighted by atomic mass is 19.1. The highest BCUT2D eigenvalue weighted by Crippen LogP contribution is 2.36. The Kier molecular flexibility index (Phi) is 4.20. The predicted molar refractivity (Wildman–Crippen MR) is 96.1 cm³/mol. The lowest BCUT2D eigenvalue weighted by Crippen LogP contribution is -2.38. The molecule has 0 bridgehead atoms. The van der Waals surface area contributed by atoms with Crippen molar-refractivity contribution in [3.8, 4) is 0 Å². The Hall–Kier alpha value is -2.73. The number of nitrogens with two attached hydrogens (primary N) is 1. The largest absolute Gasteiger partial charge is 0.340 e. The average molecular weight is 353 g/mol. The van der Waals surface area contributed by atoms with E-state index >= 15 is 0 Å². The molecule has 0 aromatic heterocycles. The molecule has 1 saturated heterocycles. The number of hydrogen-bond acceptors (Lipinski definition) is 3. The van der Waals surface area contributed by atoms with Gasteiger partial charge in [0.1, 0.15) is 5.82 Å². The zero-order valence-corrected chi connectivity index (χ0v) is 14.2. The van der Waals surface area contributed by atoms with E-state index in [1.165, 1.54) is 12.1 Å². The summed E-state index contributed by atoms with van der Waals surface area (Å²) in [6, 6.07) is 13.9. The normalized spacial score (nSPS) is 24.9. The fourth-order valence-electron chi connectivity index (χ4n) is 3.94. The molecule has 0 radical (unpaired) electrons. The van der Waals surface area contributed by atoms with Crippen molar-refractivity contribution in [2.24, 2.45) is 5.73 Å². The number of nitrogens with one attached hydrogen (secondary N) is 1. The summed E-state index contributed by atoms with van der Waals surface area (Å²) in [6.07, 6.45) is 0.0687. The first-order chi connectivity index (χ1) is 12.5. The molecule has 3 atom stereocenters. The van der Waals surface area contributed by atoms with Crippen molar-refractivity contribution in [3.05, 3.63) is 65.5 Å². The summed E-state index contributed by atoms with van der Waals surface area (Å²) in [5.41, 5.74) is 8.44. The molecular weight excluding hydrogens is 333 g/mol. The zero-order valence-electron chi connectivity index (χ0n) is 14.2. The molecule has 2 aliphatic rings. The number of amides is 2. The van der Waals surface area contributed by atoms with Crippen LogP contribution in [0.1, 0.15) is 29.4 Å². The molecule has 2 aromatic rings. The number of hydrogen-bond donors (Lipinski definition) is 2. The molecule has 134 valence electrons. The first-order valence-electron chi connectivity index (χ1n) is 8.71. The summed E-state index contributed by atoms with van der Waals surface area (Å²) >= 11 is 0. The van der Waals surface area contributed by atoms with Gasteiger partial charge in [0.2, 0.25) is 11.8 Å². The molecular formula is C20H20FN3O2. The van der Waals surface area contributed by atoms with Crippen LogP contribution in [0.25, 0.3) is 0 Å². The van der Waals surface area contributed by atoms with E-state index in [4.69, 9.17) is 5.73 Å². The number of benzene rings is 2. The number of rotatable bonds is 2. The van der Waals surface area contributed by atoms with E-state index < -0.39 is 11.7 Å². The lowest BCUT2D eigenvalue weighted by molar-refractivity contribution is -0.134. The van der Waals surface area contributed by atoms with Crippen LogP contribution in [0.5, 0.6) is 0 Å². The topological polar surface area (TPSA) is 75.4 Å². The zero-order chi connectivity index (χ0) is 18.3. The monoisotopic (exact) mass is 353 g/mol. The number of halogens is 1. The minimum Gasteiger partial charge on any atom is -0.340 e. The first kappa shape index (κ1) is 16.7. The molecule has 0 spiro atoms. The Morgan fingerprint density at radius 1 is 1.15 bits per heavy atom. The van der Waals surface area contributed by atoms with Gasteiger partial charge in [-0.2, -0.15) is 0 Å². The van der Waals surface area contributed by atoms with Gasteiger partial charge in [0.15, 0.2) is 0 Å². The van der Waals surface area contributed by atoms with Crippen LogP contribution in [0.4, 0.5) is 10.1 Å². The third-order valence-corrected chi connectivity index (χ3v) is 5.26. The Morgan fingerprint density at radius 2 is 1.92 bits per heavy atom. The van der Waals surface area contributed by atoms with Crippen LogP contribution in [0, 0.1) is 5.82 Å². The first-order valence-corrected chi connectivity index (χ1v) is 8.71. The van der Waals surface area contributed by atoms with Crippen molar-refractivity contribution >= 4 is 17.5 Å². The SMILES string of the molecule is N[C@@H]1CN(C(=O)C2CC(=O)Nc3cc(F)ccc32)C[C@H]1c1ccccc1. The lowest BCUT2D eigenvalue weighted by atomic mass is 9.89. The number of fused-ring (bicyclic) bond motifs is 1. The molecule has 4 rings (SSSR count). The Bertz CT molecular complexity index is 855. The van der Waals surface area contributed by atoms with Crippen LogP contribution < -0.4 is 11.1 Å². The van der Waals surface area contributed by atoms with Gasteiger partial charge in [-0.15, -0.1) is 0 Å². The van der Waals surface area contributed by atoms with Gasteiger partial charge in [0.25, 0.3) is 0 Å². The molecule has 2 aliphatic heterocycles. The second kappa shape index (κ2) is 6.53. The fourth-order valence-corrected chi connectivity index (χ4v) is 3.94. The molecule has 2 aromatic carbocycles. The standard InChI is InChI=1S/C20H20FN3O2/c21-13-6-7-14-15(9-19(25)23-18(14)8-13)20(26)24-10-16(17(22)11-24)12-4-2-1-3-5-12/h1-8,15-17H,9-11,22H2,(H,23,25)/t15?,16-,17+/m0/s1. The summed E-state index contributed by atoms with van der Waals surface area (Å²) in [4.78, 5) is 26.8. The summed E-state index contributed by atoms with van der Waals surface area (Å²) < 4.78 is 13.5. The van der Waals surface area contributed by atoms with Crippen molar-refractivity contribution in [2.75, 3.05) is 18.4 Å². The summed E-state index contributed by atoms with van der Waals surface area (Å²) in [5.74, 6) is -1.36. The maximum absolute atomic E-state index is 13.5. The third kappa shape index (κ3) is 2.97. The predicted octanol–water partition coefficient (Wildman–Crippen LogP) is 2.20. The Labute approximate surface area is 151 Å². The summed E-state index contributed by atoms with van der Waals surface area (Å²) in [6.45, 7) is 0.978. The van der Waals surface area contributed by atoms with Gasteiger partial charge in [-0.1, -0.05) is 36.4 Å². The highest BCUT2D eigenvalue weighted by molar-refractivity contribution is 6.01. The van der Waals surface area contributed by atoms with Crippen molar-refractivity contribution in [1.29, 1.82) is 0 Å². The van der Waals surface area contributed by atoms with Crippen LogP contribution >= 0.6 is 0 Å². The van der Waals surface area contributed by atoms with Crippen molar-refractivity contribution < 1.29 is 14.0 Å². The molecule has 5 nitrogen and oxygen atoms in total. The van der Waals surface area contributed by atoms with Gasteiger partial charge in [-0.3, -0.25) is 9.59 Å². The van der Waals surface area contributed by atoms with Gasteiger partial charge < -0.3 is 16.0 Å². The number of anilines is 1. The van der Waals surface area contributed by atoms with Crippen molar-refractivity contribution in [3.63, 3.8) is 0 Å². The molecule has 2 amide bonds. The third-order valence-electron chi connectivity index (χ3n) is 5.26. The molecule has 0 aliphatic carbocycles.